The Morgan fingerprint density at radius 3 is 2.79 bits per heavy atom. The summed E-state index contributed by atoms with van der Waals surface area (Å²) in [5.41, 5.74) is 0.390. The molecule has 0 radical (unpaired) electrons. The van der Waals surface area contributed by atoms with Gasteiger partial charge in [0.05, 0.1) is 24.2 Å². The predicted molar refractivity (Wildman–Crippen MR) is 125 cm³/mol. The first kappa shape index (κ1) is 23.5. The summed E-state index contributed by atoms with van der Waals surface area (Å²) in [7, 11) is 1.26. The summed E-state index contributed by atoms with van der Waals surface area (Å²) >= 11 is 0. The molecule has 5 atom stereocenters. The number of phenolic OH excluding ortho intramolecular Hbond substituents is 1. The summed E-state index contributed by atoms with van der Waals surface area (Å²) in [6, 6.07) is 3.29. The van der Waals surface area contributed by atoms with Gasteiger partial charge in [-0.15, -0.1) is 12.4 Å². The smallest absolute Gasteiger partial charge is 0.330 e. The number of amides is 1. The number of carbonyl (C=O) groups excluding carboxylic acids is 2. The third-order valence-electron chi connectivity index (χ3n) is 8.66. The maximum atomic E-state index is 12.6. The number of likely N-dealkylation sites (tertiary alicyclic amines) is 1. The fourth-order valence-corrected chi connectivity index (χ4v) is 7.07. The Morgan fingerprint density at radius 1 is 1.26 bits per heavy atom. The lowest BCUT2D eigenvalue weighted by molar-refractivity contribution is -0.192. The highest BCUT2D eigenvalue weighted by molar-refractivity contribution is 5.94. The fourth-order valence-electron chi connectivity index (χ4n) is 7.07. The molecule has 9 heteroatoms. The van der Waals surface area contributed by atoms with Crippen molar-refractivity contribution in [3.63, 3.8) is 0 Å². The van der Waals surface area contributed by atoms with Crippen molar-refractivity contribution >= 4 is 24.3 Å². The van der Waals surface area contributed by atoms with E-state index in [4.69, 9.17) is 4.74 Å². The summed E-state index contributed by atoms with van der Waals surface area (Å²) in [6.07, 6.45) is 6.84. The number of methoxy groups -OCH3 is 1. The van der Waals surface area contributed by atoms with Gasteiger partial charge in [0.25, 0.3) is 0 Å². The summed E-state index contributed by atoms with van der Waals surface area (Å²) in [6.45, 7) is 1.88. The number of nitrogens with one attached hydrogen (secondary N) is 1. The van der Waals surface area contributed by atoms with Crippen molar-refractivity contribution in [1.82, 2.24) is 10.2 Å². The Labute approximate surface area is 204 Å². The van der Waals surface area contributed by atoms with Crippen LogP contribution in [0.1, 0.15) is 43.2 Å². The number of rotatable bonds is 5. The Morgan fingerprint density at radius 2 is 2.06 bits per heavy atom. The Bertz CT molecular complexity index is 1060. The molecule has 1 spiro atoms. The highest BCUT2D eigenvalue weighted by Crippen LogP contribution is 2.65. The second-order valence-electron chi connectivity index (χ2n) is 10.3. The van der Waals surface area contributed by atoms with Gasteiger partial charge in [0.2, 0.25) is 5.91 Å². The lowest BCUT2D eigenvalue weighted by Gasteiger charge is -2.64. The van der Waals surface area contributed by atoms with Crippen LogP contribution in [0.2, 0.25) is 0 Å². The van der Waals surface area contributed by atoms with Gasteiger partial charge in [0, 0.05) is 30.3 Å². The van der Waals surface area contributed by atoms with E-state index >= 15 is 0 Å². The SMILES string of the molecule is COC(=O)/C=C/C(=O)N[C@@H]1CC[C@@]2(O)[C@H]3Cc4ccc(O)c5c4[C@@]2(CCN3CC2CC2)[C@H]1O5.Cl. The molecule has 1 amide bonds. The molecule has 1 saturated heterocycles. The van der Waals surface area contributed by atoms with Crippen LogP contribution in [0.5, 0.6) is 11.5 Å². The number of carbonyl (C=O) groups is 2. The molecule has 3 aliphatic carbocycles. The molecule has 6 rings (SSSR count). The van der Waals surface area contributed by atoms with Crippen molar-refractivity contribution in [2.45, 2.75) is 67.7 Å². The minimum atomic E-state index is -0.986. The third-order valence-corrected chi connectivity index (χ3v) is 8.66. The van der Waals surface area contributed by atoms with Crippen molar-refractivity contribution < 1.29 is 29.3 Å². The van der Waals surface area contributed by atoms with Crippen molar-refractivity contribution in [3.05, 3.63) is 35.4 Å². The molecule has 2 saturated carbocycles. The van der Waals surface area contributed by atoms with Crippen LogP contribution in [0.25, 0.3) is 0 Å². The second kappa shape index (κ2) is 8.14. The summed E-state index contributed by atoms with van der Waals surface area (Å²) in [5.74, 6) is 0.256. The molecule has 34 heavy (non-hydrogen) atoms. The van der Waals surface area contributed by atoms with E-state index in [0.29, 0.717) is 25.0 Å². The van der Waals surface area contributed by atoms with Gasteiger partial charge in [-0.1, -0.05) is 6.07 Å². The lowest BCUT2D eigenvalue weighted by Crippen LogP contribution is -2.78. The van der Waals surface area contributed by atoms with Gasteiger partial charge >= 0.3 is 5.97 Å². The number of halogens is 1. The van der Waals surface area contributed by atoms with Crippen LogP contribution in [0.15, 0.2) is 24.3 Å². The van der Waals surface area contributed by atoms with E-state index in [2.05, 4.69) is 15.0 Å². The lowest BCUT2D eigenvalue weighted by atomic mass is 9.48. The molecular formula is C25H31ClN2O6. The molecule has 184 valence electrons. The van der Waals surface area contributed by atoms with Crippen LogP contribution in [0.3, 0.4) is 0 Å². The van der Waals surface area contributed by atoms with Gasteiger partial charge in [0.1, 0.15) is 6.10 Å². The van der Waals surface area contributed by atoms with E-state index in [-0.39, 0.29) is 30.2 Å². The number of esters is 1. The molecule has 0 aromatic heterocycles. The molecular weight excluding hydrogens is 460 g/mol. The monoisotopic (exact) mass is 490 g/mol. The number of ether oxygens (including phenoxy) is 2. The van der Waals surface area contributed by atoms with Gasteiger partial charge in [-0.25, -0.2) is 4.79 Å². The zero-order valence-corrected chi connectivity index (χ0v) is 20.0. The molecule has 2 bridgehead atoms. The van der Waals surface area contributed by atoms with E-state index in [1.54, 1.807) is 6.07 Å². The third kappa shape index (κ3) is 3.18. The van der Waals surface area contributed by atoms with E-state index < -0.39 is 29.0 Å². The van der Waals surface area contributed by atoms with E-state index in [9.17, 15) is 19.8 Å². The van der Waals surface area contributed by atoms with Crippen LogP contribution in [-0.4, -0.2) is 71.0 Å². The zero-order valence-electron chi connectivity index (χ0n) is 19.2. The summed E-state index contributed by atoms with van der Waals surface area (Å²) < 4.78 is 11.0. The Kier molecular flexibility index (Phi) is 5.61. The maximum Gasteiger partial charge on any atom is 0.330 e. The number of nitrogens with zero attached hydrogens (tertiary/aromatic N) is 1. The number of phenols is 1. The summed E-state index contributed by atoms with van der Waals surface area (Å²) in [4.78, 5) is 26.4. The number of aliphatic hydroxyl groups is 1. The molecule has 2 heterocycles. The van der Waals surface area contributed by atoms with Gasteiger partial charge in [-0.05, 0) is 62.6 Å². The predicted octanol–water partition coefficient (Wildman–Crippen LogP) is 1.59. The first-order valence-corrected chi connectivity index (χ1v) is 11.9. The molecule has 1 aromatic carbocycles. The number of hydrogen-bond acceptors (Lipinski definition) is 7. The van der Waals surface area contributed by atoms with E-state index in [0.717, 1.165) is 48.7 Å². The number of benzene rings is 1. The van der Waals surface area contributed by atoms with Crippen molar-refractivity contribution in [1.29, 1.82) is 0 Å². The van der Waals surface area contributed by atoms with Crippen LogP contribution >= 0.6 is 12.4 Å². The van der Waals surface area contributed by atoms with Gasteiger partial charge in [-0.3, -0.25) is 9.69 Å². The van der Waals surface area contributed by atoms with Crippen LogP contribution < -0.4 is 10.1 Å². The maximum absolute atomic E-state index is 12.6. The average Bonchev–Trinajstić information content (AvgIpc) is 3.54. The normalized spacial score (nSPS) is 35.2. The Balaban J connectivity index is 0.00000241. The number of hydrogen-bond donors (Lipinski definition) is 3. The summed E-state index contributed by atoms with van der Waals surface area (Å²) in [5, 5.41) is 26.0. The van der Waals surface area contributed by atoms with E-state index in [1.165, 1.54) is 20.0 Å². The van der Waals surface area contributed by atoms with Crippen molar-refractivity contribution in [3.8, 4) is 11.5 Å². The largest absolute Gasteiger partial charge is 0.504 e. The van der Waals surface area contributed by atoms with Gasteiger partial charge < -0.3 is 25.0 Å². The second-order valence-corrected chi connectivity index (χ2v) is 10.3. The van der Waals surface area contributed by atoms with Crippen LogP contribution in [0.4, 0.5) is 0 Å². The topological polar surface area (TPSA) is 108 Å². The van der Waals surface area contributed by atoms with E-state index in [1.807, 2.05) is 6.07 Å². The molecule has 0 unspecified atom stereocenters. The average molecular weight is 491 g/mol. The minimum absolute atomic E-state index is 0. The molecule has 8 nitrogen and oxygen atoms in total. The zero-order chi connectivity index (χ0) is 23.0. The van der Waals surface area contributed by atoms with Crippen LogP contribution in [0, 0.1) is 5.92 Å². The molecule has 5 aliphatic rings. The van der Waals surface area contributed by atoms with Crippen molar-refractivity contribution in [2.24, 2.45) is 5.92 Å². The first-order chi connectivity index (χ1) is 15.9. The highest BCUT2D eigenvalue weighted by atomic mass is 35.5. The fraction of sp³-hybridized carbons (Fsp3) is 0.600. The first-order valence-electron chi connectivity index (χ1n) is 11.9. The van der Waals surface area contributed by atoms with Gasteiger partial charge in [0.15, 0.2) is 11.5 Å². The molecule has 2 aliphatic heterocycles. The molecule has 1 aromatic rings. The highest BCUT2D eigenvalue weighted by Gasteiger charge is 2.73. The quantitative estimate of drug-likeness (QED) is 0.425. The standard InChI is InChI=1S/C25H30N2O6.ClH/c1-32-20(30)7-6-19(29)26-16-8-9-25(31)18-12-15-4-5-17(28)22-21(15)24(25,23(16)33-22)10-11-27(18)13-14-2-3-14;/h4-7,14,16,18,23,28,31H,2-3,8-13H2,1H3,(H,26,29);1H/b7-6+;/t16-,18-,23+,24+,25-;/m1./s1. The van der Waals surface area contributed by atoms with Crippen molar-refractivity contribution in [2.75, 3.05) is 20.2 Å². The minimum Gasteiger partial charge on any atom is -0.504 e. The number of aromatic hydroxyl groups is 1. The van der Waals surface area contributed by atoms with Gasteiger partial charge in [-0.2, -0.15) is 0 Å². The molecule has 3 N–H and O–H groups in total. The number of piperidine rings is 1. The Hall–Kier alpha value is -2.29. The molecule has 3 fully saturated rings. The van der Waals surface area contributed by atoms with Crippen LogP contribution in [-0.2, 0) is 26.2 Å².